The SMILES string of the molecule is Fc1ccc2c(c1)OCCC[C@H]2NCCc1nc(-c2ccco2)n[nH]1. The van der Waals surface area contributed by atoms with Gasteiger partial charge in [-0.1, -0.05) is 6.07 Å². The van der Waals surface area contributed by atoms with Gasteiger partial charge < -0.3 is 14.5 Å². The van der Waals surface area contributed by atoms with Crippen molar-refractivity contribution in [2.24, 2.45) is 0 Å². The van der Waals surface area contributed by atoms with Crippen LogP contribution in [-0.2, 0) is 6.42 Å². The summed E-state index contributed by atoms with van der Waals surface area (Å²) >= 11 is 0. The van der Waals surface area contributed by atoms with Gasteiger partial charge in [0, 0.05) is 30.6 Å². The highest BCUT2D eigenvalue weighted by molar-refractivity contribution is 5.45. The lowest BCUT2D eigenvalue weighted by Crippen LogP contribution is -2.23. The number of aromatic amines is 1. The van der Waals surface area contributed by atoms with Gasteiger partial charge in [0.2, 0.25) is 5.82 Å². The van der Waals surface area contributed by atoms with Gasteiger partial charge in [-0.3, -0.25) is 5.10 Å². The normalized spacial score (nSPS) is 16.9. The maximum Gasteiger partial charge on any atom is 0.216 e. The van der Waals surface area contributed by atoms with Gasteiger partial charge in [0.05, 0.1) is 12.9 Å². The van der Waals surface area contributed by atoms with Crippen molar-refractivity contribution in [3.63, 3.8) is 0 Å². The molecule has 3 aromatic rings. The van der Waals surface area contributed by atoms with E-state index in [0.29, 0.717) is 30.4 Å². The molecule has 0 spiro atoms. The Morgan fingerprint density at radius 3 is 3.16 bits per heavy atom. The zero-order valence-electron chi connectivity index (χ0n) is 13.7. The average Bonchev–Trinajstić information content (AvgIpc) is 3.25. The summed E-state index contributed by atoms with van der Waals surface area (Å²) in [6.07, 6.45) is 4.19. The maximum atomic E-state index is 13.4. The quantitative estimate of drug-likeness (QED) is 0.744. The molecule has 0 unspecified atom stereocenters. The molecule has 3 heterocycles. The second-order valence-corrected chi connectivity index (χ2v) is 6.01. The summed E-state index contributed by atoms with van der Waals surface area (Å²) in [7, 11) is 0. The van der Waals surface area contributed by atoms with Crippen molar-refractivity contribution in [3.05, 3.63) is 53.8 Å². The Morgan fingerprint density at radius 2 is 2.28 bits per heavy atom. The van der Waals surface area contributed by atoms with E-state index in [-0.39, 0.29) is 11.9 Å². The number of nitrogens with one attached hydrogen (secondary N) is 2. The molecular formula is C18H19FN4O2. The highest BCUT2D eigenvalue weighted by atomic mass is 19.1. The molecule has 1 aromatic carbocycles. The van der Waals surface area contributed by atoms with Crippen LogP contribution in [0, 0.1) is 5.82 Å². The standard InChI is InChI=1S/C18H19FN4O2/c19-12-5-6-13-14(3-1-9-25-16(13)11-12)20-8-7-17-21-18(23-22-17)15-4-2-10-24-15/h2,4-6,10-11,14,20H,1,3,7-9H2,(H,21,22,23)/t14-/m1/s1. The van der Waals surface area contributed by atoms with Crippen LogP contribution in [0.5, 0.6) is 5.75 Å². The first kappa shape index (κ1) is 15.8. The number of rotatable bonds is 5. The Morgan fingerprint density at radius 1 is 1.32 bits per heavy atom. The molecule has 6 nitrogen and oxygen atoms in total. The van der Waals surface area contributed by atoms with E-state index in [1.165, 1.54) is 12.1 Å². The summed E-state index contributed by atoms with van der Waals surface area (Å²) in [5, 5.41) is 10.6. The molecule has 0 fully saturated rings. The summed E-state index contributed by atoms with van der Waals surface area (Å²) in [5.41, 5.74) is 1.01. The van der Waals surface area contributed by atoms with Crippen molar-refractivity contribution >= 4 is 0 Å². The third kappa shape index (κ3) is 3.56. The number of furan rings is 1. The van der Waals surface area contributed by atoms with Crippen LogP contribution in [0.1, 0.15) is 30.3 Å². The van der Waals surface area contributed by atoms with E-state index >= 15 is 0 Å². The lowest BCUT2D eigenvalue weighted by molar-refractivity contribution is 0.314. The summed E-state index contributed by atoms with van der Waals surface area (Å²) in [6.45, 7) is 1.34. The first-order chi connectivity index (χ1) is 12.3. The number of H-pyrrole nitrogens is 1. The van der Waals surface area contributed by atoms with Crippen LogP contribution in [0.15, 0.2) is 41.0 Å². The van der Waals surface area contributed by atoms with E-state index in [0.717, 1.165) is 30.8 Å². The Kier molecular flexibility index (Phi) is 4.47. The van der Waals surface area contributed by atoms with Gasteiger partial charge in [0.15, 0.2) is 5.76 Å². The number of hydrogen-bond acceptors (Lipinski definition) is 5. The van der Waals surface area contributed by atoms with Crippen LogP contribution in [0.4, 0.5) is 4.39 Å². The van der Waals surface area contributed by atoms with E-state index in [2.05, 4.69) is 20.5 Å². The molecule has 0 radical (unpaired) electrons. The van der Waals surface area contributed by atoms with Gasteiger partial charge in [-0.05, 0) is 31.0 Å². The van der Waals surface area contributed by atoms with E-state index in [9.17, 15) is 4.39 Å². The highest BCUT2D eigenvalue weighted by Crippen LogP contribution is 2.31. The van der Waals surface area contributed by atoms with Crippen molar-refractivity contribution in [1.82, 2.24) is 20.5 Å². The third-order valence-corrected chi connectivity index (χ3v) is 4.27. The van der Waals surface area contributed by atoms with Crippen LogP contribution in [0.25, 0.3) is 11.6 Å². The molecule has 0 saturated heterocycles. The summed E-state index contributed by atoms with van der Waals surface area (Å²) in [4.78, 5) is 4.44. The van der Waals surface area contributed by atoms with Crippen LogP contribution in [0.2, 0.25) is 0 Å². The number of halogens is 1. The molecule has 1 aliphatic rings. The smallest absolute Gasteiger partial charge is 0.216 e. The first-order valence-electron chi connectivity index (χ1n) is 8.40. The number of aromatic nitrogens is 3. The van der Waals surface area contributed by atoms with Crippen LogP contribution < -0.4 is 10.1 Å². The monoisotopic (exact) mass is 342 g/mol. The molecule has 1 aliphatic heterocycles. The third-order valence-electron chi connectivity index (χ3n) is 4.27. The minimum absolute atomic E-state index is 0.144. The second kappa shape index (κ2) is 7.06. The molecule has 25 heavy (non-hydrogen) atoms. The van der Waals surface area contributed by atoms with Crippen LogP contribution >= 0.6 is 0 Å². The minimum Gasteiger partial charge on any atom is -0.493 e. The second-order valence-electron chi connectivity index (χ2n) is 6.01. The predicted octanol–water partition coefficient (Wildman–Crippen LogP) is 3.25. The maximum absolute atomic E-state index is 13.4. The van der Waals surface area contributed by atoms with Crippen molar-refractivity contribution in [2.45, 2.75) is 25.3 Å². The molecule has 1 atom stereocenters. The zero-order valence-corrected chi connectivity index (χ0v) is 13.7. The number of ether oxygens (including phenoxy) is 1. The van der Waals surface area contributed by atoms with Gasteiger partial charge in [0.25, 0.3) is 0 Å². The average molecular weight is 342 g/mol. The molecule has 4 rings (SSSR count). The van der Waals surface area contributed by atoms with Crippen molar-refractivity contribution < 1.29 is 13.5 Å². The molecule has 0 amide bonds. The van der Waals surface area contributed by atoms with Gasteiger partial charge in [-0.2, -0.15) is 5.10 Å². The fourth-order valence-corrected chi connectivity index (χ4v) is 3.05. The van der Waals surface area contributed by atoms with Gasteiger partial charge >= 0.3 is 0 Å². The van der Waals surface area contributed by atoms with Crippen LogP contribution in [-0.4, -0.2) is 28.3 Å². The molecule has 0 saturated carbocycles. The van der Waals surface area contributed by atoms with Crippen molar-refractivity contribution in [3.8, 4) is 17.3 Å². The number of hydrogen-bond donors (Lipinski definition) is 2. The summed E-state index contributed by atoms with van der Waals surface area (Å²) in [5.74, 6) is 2.36. The highest BCUT2D eigenvalue weighted by Gasteiger charge is 2.20. The Balaban J connectivity index is 1.39. The first-order valence-corrected chi connectivity index (χ1v) is 8.40. The number of benzene rings is 1. The van der Waals surface area contributed by atoms with Gasteiger partial charge in [-0.25, -0.2) is 9.37 Å². The molecule has 0 aliphatic carbocycles. The lowest BCUT2D eigenvalue weighted by Gasteiger charge is -2.18. The Bertz CT molecular complexity index is 831. The topological polar surface area (TPSA) is 76.0 Å². The fourth-order valence-electron chi connectivity index (χ4n) is 3.05. The van der Waals surface area contributed by atoms with E-state index < -0.39 is 0 Å². The summed E-state index contributed by atoms with van der Waals surface area (Å²) in [6, 6.07) is 8.52. The lowest BCUT2D eigenvalue weighted by atomic mass is 10.0. The number of fused-ring (bicyclic) bond motifs is 1. The van der Waals surface area contributed by atoms with E-state index in [4.69, 9.17) is 9.15 Å². The molecule has 0 bridgehead atoms. The zero-order chi connectivity index (χ0) is 17.1. The fraction of sp³-hybridized carbons (Fsp3) is 0.333. The molecule has 2 N–H and O–H groups in total. The van der Waals surface area contributed by atoms with E-state index in [1.807, 2.05) is 6.07 Å². The molecule has 2 aromatic heterocycles. The molecular weight excluding hydrogens is 323 g/mol. The minimum atomic E-state index is -0.272. The summed E-state index contributed by atoms with van der Waals surface area (Å²) < 4.78 is 24.4. The van der Waals surface area contributed by atoms with Gasteiger partial charge in [0.1, 0.15) is 17.4 Å². The molecule has 130 valence electrons. The van der Waals surface area contributed by atoms with E-state index in [1.54, 1.807) is 18.4 Å². The van der Waals surface area contributed by atoms with Crippen LogP contribution in [0.3, 0.4) is 0 Å². The Labute approximate surface area is 144 Å². The molecule has 7 heteroatoms. The predicted molar refractivity (Wildman–Crippen MR) is 89.7 cm³/mol. The number of nitrogens with zero attached hydrogens (tertiary/aromatic N) is 2. The van der Waals surface area contributed by atoms with Crippen molar-refractivity contribution in [2.75, 3.05) is 13.2 Å². The van der Waals surface area contributed by atoms with Gasteiger partial charge in [-0.15, -0.1) is 0 Å². The largest absolute Gasteiger partial charge is 0.493 e. The Hall–Kier alpha value is -2.67. The van der Waals surface area contributed by atoms with Crippen molar-refractivity contribution in [1.29, 1.82) is 0 Å².